The summed E-state index contributed by atoms with van der Waals surface area (Å²) in [5.41, 5.74) is 7.28. The van der Waals surface area contributed by atoms with Gasteiger partial charge in [-0.15, -0.1) is 0 Å². The van der Waals surface area contributed by atoms with E-state index >= 15 is 0 Å². The summed E-state index contributed by atoms with van der Waals surface area (Å²) in [4.78, 5) is 11.5. The lowest BCUT2D eigenvalue weighted by molar-refractivity contribution is 0.114. The number of rotatable bonds is 7. The monoisotopic (exact) mass is 482 g/mol. The summed E-state index contributed by atoms with van der Waals surface area (Å²) in [5, 5.41) is 17.5. The highest BCUT2D eigenvalue weighted by Gasteiger charge is 2.19. The number of benzene rings is 2. The van der Waals surface area contributed by atoms with E-state index < -0.39 is 6.10 Å². The van der Waals surface area contributed by atoms with Crippen LogP contribution < -0.4 is 10.6 Å². The lowest BCUT2D eigenvalue weighted by atomic mass is 10.00. The first-order valence-electron chi connectivity index (χ1n) is 13.1. The first-order valence-corrected chi connectivity index (χ1v) is 13.1. The van der Waals surface area contributed by atoms with E-state index in [1.807, 2.05) is 18.6 Å². The third-order valence-corrected chi connectivity index (χ3v) is 7.57. The van der Waals surface area contributed by atoms with Crippen LogP contribution in [0.4, 0.5) is 5.82 Å². The molecular weight excluding hydrogens is 448 g/mol. The number of hydrogen-bond acceptors (Lipinski definition) is 6. The van der Waals surface area contributed by atoms with Crippen molar-refractivity contribution in [3.05, 3.63) is 78.2 Å². The van der Waals surface area contributed by atoms with Gasteiger partial charge in [0.1, 0.15) is 5.82 Å². The van der Waals surface area contributed by atoms with Gasteiger partial charge in [0.15, 0.2) is 0 Å². The van der Waals surface area contributed by atoms with E-state index in [0.29, 0.717) is 19.1 Å². The van der Waals surface area contributed by atoms with Gasteiger partial charge in [-0.05, 0) is 78.9 Å². The van der Waals surface area contributed by atoms with Crippen molar-refractivity contribution in [1.29, 1.82) is 0 Å². The molecular formula is C29H34N6O. The molecule has 3 N–H and O–H groups in total. The third kappa shape index (κ3) is 5.00. The van der Waals surface area contributed by atoms with E-state index in [0.717, 1.165) is 67.9 Å². The van der Waals surface area contributed by atoms with Crippen LogP contribution in [-0.2, 0) is 13.0 Å². The van der Waals surface area contributed by atoms with E-state index in [1.165, 1.54) is 16.6 Å². The number of aliphatic hydroxyl groups excluding tert-OH is 1. The van der Waals surface area contributed by atoms with Crippen molar-refractivity contribution in [2.45, 2.75) is 38.0 Å². The molecule has 2 aliphatic heterocycles. The number of aromatic nitrogens is 3. The van der Waals surface area contributed by atoms with Gasteiger partial charge in [0.05, 0.1) is 23.5 Å². The normalized spacial score (nSPS) is 17.7. The van der Waals surface area contributed by atoms with Crippen LogP contribution in [0.3, 0.4) is 0 Å². The van der Waals surface area contributed by atoms with Crippen LogP contribution in [-0.4, -0.2) is 63.4 Å². The number of β-amino-alcohol motifs (C(OH)–C–C–N with tert-alkyl or cyclic N) is 1. The van der Waals surface area contributed by atoms with Gasteiger partial charge in [-0.3, -0.25) is 4.90 Å². The summed E-state index contributed by atoms with van der Waals surface area (Å²) in [6.07, 6.45) is 6.67. The first kappa shape index (κ1) is 23.2. The molecule has 0 spiro atoms. The Balaban J connectivity index is 1.11. The van der Waals surface area contributed by atoms with Gasteiger partial charge in [-0.25, -0.2) is 9.97 Å². The highest BCUT2D eigenvalue weighted by Crippen LogP contribution is 2.29. The SMILES string of the molecule is OC(CNc1cc(-c2ccc3ncn(C4CCNCC4)c3c2)ccn1)CN1CCc2ccccc2C1. The maximum Gasteiger partial charge on any atom is 0.126 e. The molecule has 1 fully saturated rings. The number of anilines is 1. The third-order valence-electron chi connectivity index (χ3n) is 7.57. The number of fused-ring (bicyclic) bond motifs is 2. The van der Waals surface area contributed by atoms with Gasteiger partial charge in [-0.2, -0.15) is 0 Å². The van der Waals surface area contributed by atoms with E-state index in [2.05, 4.69) is 78.6 Å². The van der Waals surface area contributed by atoms with Crippen molar-refractivity contribution < 1.29 is 5.11 Å². The minimum atomic E-state index is -0.462. The molecule has 4 heterocycles. The van der Waals surface area contributed by atoms with Gasteiger partial charge in [0.2, 0.25) is 0 Å². The predicted octanol–water partition coefficient (Wildman–Crippen LogP) is 3.85. The second-order valence-corrected chi connectivity index (χ2v) is 10.1. The first-order chi connectivity index (χ1) is 17.7. The molecule has 1 atom stereocenters. The molecule has 1 unspecified atom stereocenters. The second kappa shape index (κ2) is 10.4. The molecule has 2 aromatic heterocycles. The summed E-state index contributed by atoms with van der Waals surface area (Å²) in [7, 11) is 0. The molecule has 2 aliphatic rings. The Hall–Kier alpha value is -3.26. The van der Waals surface area contributed by atoms with Gasteiger partial charge in [-0.1, -0.05) is 30.3 Å². The van der Waals surface area contributed by atoms with Gasteiger partial charge in [0, 0.05) is 38.4 Å². The van der Waals surface area contributed by atoms with Crippen LogP contribution in [0.1, 0.15) is 30.0 Å². The highest BCUT2D eigenvalue weighted by atomic mass is 16.3. The molecule has 186 valence electrons. The van der Waals surface area contributed by atoms with Gasteiger partial charge >= 0.3 is 0 Å². The average molecular weight is 483 g/mol. The summed E-state index contributed by atoms with van der Waals surface area (Å²) >= 11 is 0. The molecule has 0 bridgehead atoms. The summed E-state index contributed by atoms with van der Waals surface area (Å²) in [6, 6.07) is 19.7. The van der Waals surface area contributed by atoms with E-state index in [1.54, 1.807) is 0 Å². The molecule has 7 heteroatoms. The zero-order chi connectivity index (χ0) is 24.3. The van der Waals surface area contributed by atoms with E-state index in [-0.39, 0.29) is 0 Å². The maximum absolute atomic E-state index is 10.7. The zero-order valence-corrected chi connectivity index (χ0v) is 20.6. The lowest BCUT2D eigenvalue weighted by Crippen LogP contribution is -2.39. The number of nitrogens with one attached hydrogen (secondary N) is 2. The van der Waals surface area contributed by atoms with Crippen LogP contribution in [0.15, 0.2) is 67.1 Å². The van der Waals surface area contributed by atoms with Crippen molar-refractivity contribution in [1.82, 2.24) is 24.8 Å². The predicted molar refractivity (Wildman–Crippen MR) is 144 cm³/mol. The number of pyridine rings is 1. The molecule has 7 nitrogen and oxygen atoms in total. The topological polar surface area (TPSA) is 78.2 Å². The fraction of sp³-hybridized carbons (Fsp3) is 0.379. The average Bonchev–Trinajstić information content (AvgIpc) is 3.36. The number of imidazole rings is 1. The molecule has 36 heavy (non-hydrogen) atoms. The fourth-order valence-corrected chi connectivity index (χ4v) is 5.58. The lowest BCUT2D eigenvalue weighted by Gasteiger charge is -2.30. The van der Waals surface area contributed by atoms with Crippen LogP contribution in [0.2, 0.25) is 0 Å². The van der Waals surface area contributed by atoms with E-state index in [9.17, 15) is 5.11 Å². The minimum Gasteiger partial charge on any atom is -0.390 e. The van der Waals surface area contributed by atoms with Gasteiger partial charge < -0.3 is 20.3 Å². The molecule has 1 saturated heterocycles. The Labute approximate surface area is 212 Å². The molecule has 0 saturated carbocycles. The Kier molecular flexibility index (Phi) is 6.68. The van der Waals surface area contributed by atoms with E-state index in [4.69, 9.17) is 0 Å². The zero-order valence-electron chi connectivity index (χ0n) is 20.6. The summed E-state index contributed by atoms with van der Waals surface area (Å²) < 4.78 is 2.34. The quantitative estimate of drug-likeness (QED) is 0.371. The Morgan fingerprint density at radius 3 is 2.72 bits per heavy atom. The number of nitrogens with zero attached hydrogens (tertiary/aromatic N) is 4. The van der Waals surface area contributed by atoms with Crippen LogP contribution >= 0.6 is 0 Å². The Morgan fingerprint density at radius 1 is 1.00 bits per heavy atom. The van der Waals surface area contributed by atoms with Crippen LogP contribution in [0, 0.1) is 0 Å². The standard InChI is InChI=1S/C29H34N6O/c36-26(19-34-14-10-21-3-1-2-4-24(21)18-34)17-32-29-16-23(7-13-31-29)22-5-6-27-28(15-22)35(20-33-27)25-8-11-30-12-9-25/h1-7,13,15-16,20,25-26,30,36H,8-12,14,17-19H2,(H,31,32). The maximum atomic E-state index is 10.7. The van der Waals surface area contributed by atoms with Crippen LogP contribution in [0.25, 0.3) is 22.2 Å². The second-order valence-electron chi connectivity index (χ2n) is 10.1. The largest absolute Gasteiger partial charge is 0.390 e. The molecule has 0 radical (unpaired) electrons. The van der Waals surface area contributed by atoms with Crippen molar-refractivity contribution in [3.63, 3.8) is 0 Å². The molecule has 2 aromatic carbocycles. The van der Waals surface area contributed by atoms with Crippen molar-refractivity contribution in [3.8, 4) is 11.1 Å². The molecule has 6 rings (SSSR count). The minimum absolute atomic E-state index is 0.462. The molecule has 0 amide bonds. The Morgan fingerprint density at radius 2 is 1.83 bits per heavy atom. The smallest absolute Gasteiger partial charge is 0.126 e. The number of hydrogen-bond donors (Lipinski definition) is 3. The number of piperidine rings is 1. The van der Waals surface area contributed by atoms with Crippen molar-refractivity contribution in [2.24, 2.45) is 0 Å². The molecule has 0 aliphatic carbocycles. The Bertz CT molecular complexity index is 1330. The van der Waals surface area contributed by atoms with Crippen LogP contribution in [0.5, 0.6) is 0 Å². The fourth-order valence-electron chi connectivity index (χ4n) is 5.58. The molecule has 4 aromatic rings. The number of aliphatic hydroxyl groups is 1. The van der Waals surface area contributed by atoms with Gasteiger partial charge in [0.25, 0.3) is 0 Å². The summed E-state index contributed by atoms with van der Waals surface area (Å²) in [5.74, 6) is 0.780. The van der Waals surface area contributed by atoms with Crippen molar-refractivity contribution >= 4 is 16.9 Å². The van der Waals surface area contributed by atoms with Crippen molar-refractivity contribution in [2.75, 3.05) is 38.0 Å². The highest BCUT2D eigenvalue weighted by molar-refractivity contribution is 5.82. The summed E-state index contributed by atoms with van der Waals surface area (Å²) in [6.45, 7) is 5.12.